The normalized spacial score (nSPS) is 10.2. The summed E-state index contributed by atoms with van der Waals surface area (Å²) < 4.78 is 5.77. The van der Waals surface area contributed by atoms with Gasteiger partial charge in [-0.1, -0.05) is 59.3 Å². The summed E-state index contributed by atoms with van der Waals surface area (Å²) in [6, 6.07) is 4.23. The Bertz CT molecular complexity index is 1240. The summed E-state index contributed by atoms with van der Waals surface area (Å²) >= 11 is 0. The zero-order valence-corrected chi connectivity index (χ0v) is 29.4. The molecular formula is C33H51GaN3O6. The van der Waals surface area contributed by atoms with Crippen LogP contribution in [0.2, 0.25) is 0 Å². The molecule has 10 heteroatoms. The number of pyridine rings is 3. The van der Waals surface area contributed by atoms with Gasteiger partial charge in [0.2, 0.25) is 16.3 Å². The van der Waals surface area contributed by atoms with Crippen molar-refractivity contribution in [3.8, 4) is 17.2 Å². The third-order valence-electron chi connectivity index (χ3n) is 7.25. The van der Waals surface area contributed by atoms with Gasteiger partial charge in [-0.15, -0.1) is 0 Å². The average molecular weight is 656 g/mol. The molecule has 0 spiro atoms. The van der Waals surface area contributed by atoms with Crippen molar-refractivity contribution >= 4 is 19.8 Å². The number of hydrogen-bond acceptors (Lipinski definition) is 6. The molecule has 3 aromatic heterocycles. The van der Waals surface area contributed by atoms with E-state index in [0.717, 1.165) is 38.9 Å². The average Bonchev–Trinajstić information content (AvgIpc) is 2.98. The van der Waals surface area contributed by atoms with Crippen LogP contribution in [0.4, 0.5) is 0 Å². The number of aromatic hydroxyl groups is 3. The van der Waals surface area contributed by atoms with Gasteiger partial charge in [-0.2, -0.15) is 0 Å². The van der Waals surface area contributed by atoms with Gasteiger partial charge in [0.05, 0.1) is 17.1 Å². The number of unbranched alkanes of at least 4 members (excludes halogenated alkanes) is 6. The molecule has 0 saturated heterocycles. The predicted octanol–water partition coefficient (Wildman–Crippen LogP) is 5.78. The van der Waals surface area contributed by atoms with Crippen LogP contribution >= 0.6 is 0 Å². The first-order chi connectivity index (χ1) is 20.0. The van der Waals surface area contributed by atoms with E-state index >= 15 is 0 Å². The minimum atomic E-state index is -0.297. The first-order valence-electron chi connectivity index (χ1n) is 15.2. The Hall–Kier alpha value is -3.11. The maximum Gasteiger partial charge on any atom is 0.223 e. The molecule has 237 valence electrons. The van der Waals surface area contributed by atoms with E-state index in [1.165, 1.54) is 56.7 Å². The molecule has 0 aliphatic heterocycles. The van der Waals surface area contributed by atoms with Gasteiger partial charge in [-0.3, -0.25) is 14.4 Å². The summed E-state index contributed by atoms with van der Waals surface area (Å²) in [5.41, 5.74) is 1.09. The van der Waals surface area contributed by atoms with E-state index in [2.05, 4.69) is 20.8 Å². The Labute approximate surface area is 268 Å². The number of aryl methyl sites for hydroxylation is 3. The Balaban J connectivity index is 0.000000608. The molecule has 0 atom stereocenters. The van der Waals surface area contributed by atoms with Crippen LogP contribution in [0.3, 0.4) is 0 Å². The van der Waals surface area contributed by atoms with E-state index in [9.17, 15) is 29.7 Å². The zero-order chi connectivity index (χ0) is 31.7. The smallest absolute Gasteiger partial charge is 0.223 e. The van der Waals surface area contributed by atoms with E-state index in [1.54, 1.807) is 39.4 Å². The van der Waals surface area contributed by atoms with Crippen LogP contribution in [-0.2, 0) is 19.6 Å². The van der Waals surface area contributed by atoms with E-state index in [0.29, 0.717) is 17.1 Å². The molecule has 43 heavy (non-hydrogen) atoms. The topological polar surface area (TPSA) is 127 Å². The summed E-state index contributed by atoms with van der Waals surface area (Å²) in [5.74, 6) is -0.364. The maximum atomic E-state index is 11.1. The van der Waals surface area contributed by atoms with E-state index in [-0.39, 0.29) is 53.3 Å². The van der Waals surface area contributed by atoms with Gasteiger partial charge < -0.3 is 29.0 Å². The molecule has 3 rings (SSSR count). The van der Waals surface area contributed by atoms with E-state index in [1.807, 2.05) is 13.7 Å². The van der Waals surface area contributed by atoms with Gasteiger partial charge in [-0.05, 0) is 40.0 Å². The molecule has 0 unspecified atom stereocenters. The maximum absolute atomic E-state index is 11.1. The molecule has 0 bridgehead atoms. The van der Waals surface area contributed by atoms with Crippen molar-refractivity contribution < 1.29 is 15.3 Å². The molecule has 0 aliphatic carbocycles. The van der Waals surface area contributed by atoms with Gasteiger partial charge in [0.1, 0.15) is 0 Å². The van der Waals surface area contributed by atoms with Crippen LogP contribution in [-0.4, -0.2) is 48.8 Å². The summed E-state index contributed by atoms with van der Waals surface area (Å²) in [7, 11) is 0. The van der Waals surface area contributed by atoms with Crippen molar-refractivity contribution in [1.29, 1.82) is 0 Å². The van der Waals surface area contributed by atoms with Crippen molar-refractivity contribution in [1.82, 2.24) is 13.7 Å². The zero-order valence-electron chi connectivity index (χ0n) is 26.9. The van der Waals surface area contributed by atoms with Crippen LogP contribution in [0.15, 0.2) is 51.2 Å². The third kappa shape index (κ3) is 13.4. The first-order valence-corrected chi connectivity index (χ1v) is 15.2. The third-order valence-corrected chi connectivity index (χ3v) is 7.25. The van der Waals surface area contributed by atoms with Gasteiger partial charge in [0.25, 0.3) is 0 Å². The molecule has 0 aliphatic rings. The fraction of sp³-hybridized carbons (Fsp3) is 0.545. The fourth-order valence-electron chi connectivity index (χ4n) is 4.31. The van der Waals surface area contributed by atoms with Crippen LogP contribution in [0.1, 0.15) is 95.6 Å². The standard InChI is InChI=1S/3C11H17NO2.Ga/c3*1-3-4-5-7-12-8-6-10(13)11(14)9(12)2;/h3*6,8,14H,3-5,7H2,1-2H3;. The van der Waals surface area contributed by atoms with Gasteiger partial charge in [-0.25, -0.2) is 0 Å². The van der Waals surface area contributed by atoms with Crippen molar-refractivity contribution in [3.63, 3.8) is 0 Å². The monoisotopic (exact) mass is 654 g/mol. The van der Waals surface area contributed by atoms with Crippen molar-refractivity contribution in [2.75, 3.05) is 0 Å². The molecule has 9 nitrogen and oxygen atoms in total. The molecule has 3 N–H and O–H groups in total. The SMILES string of the molecule is CCCCCn1ccc(=O)c(O)c1C.CCCCCn1ccc(=O)c(O)c1C.CCCCCn1ccc(=O)c(O)c1C.[Ga]. The van der Waals surface area contributed by atoms with Crippen molar-refractivity contribution in [2.24, 2.45) is 0 Å². The molecule has 3 aromatic rings. The quantitative estimate of drug-likeness (QED) is 0.168. The second-order valence-electron chi connectivity index (χ2n) is 10.5. The fourth-order valence-corrected chi connectivity index (χ4v) is 4.31. The molecule has 3 heterocycles. The molecular weight excluding hydrogens is 604 g/mol. The molecule has 3 radical (unpaired) electrons. The molecule has 0 saturated carbocycles. The molecule has 0 amide bonds. The number of aromatic nitrogens is 3. The van der Waals surface area contributed by atoms with Crippen molar-refractivity contribution in [2.45, 2.75) is 119 Å². The second-order valence-corrected chi connectivity index (χ2v) is 10.5. The number of rotatable bonds is 12. The Morgan fingerprint density at radius 2 is 0.721 bits per heavy atom. The van der Waals surface area contributed by atoms with Gasteiger partial charge >= 0.3 is 0 Å². The number of hydrogen-bond donors (Lipinski definition) is 3. The van der Waals surface area contributed by atoms with Gasteiger partial charge in [0.15, 0.2) is 17.2 Å². The minimum Gasteiger partial charge on any atom is -0.503 e. The van der Waals surface area contributed by atoms with Crippen LogP contribution in [0, 0.1) is 20.8 Å². The van der Waals surface area contributed by atoms with Crippen LogP contribution in [0.5, 0.6) is 17.2 Å². The second kappa shape index (κ2) is 21.6. The summed E-state index contributed by atoms with van der Waals surface area (Å²) in [6.07, 6.45) is 15.5. The van der Waals surface area contributed by atoms with Crippen LogP contribution < -0.4 is 16.3 Å². The van der Waals surface area contributed by atoms with E-state index in [4.69, 9.17) is 0 Å². The Kier molecular flexibility index (Phi) is 20.0. The number of nitrogens with zero attached hydrogens (tertiary/aromatic N) is 3. The van der Waals surface area contributed by atoms with E-state index < -0.39 is 0 Å². The largest absolute Gasteiger partial charge is 0.503 e. The van der Waals surface area contributed by atoms with Crippen LogP contribution in [0.25, 0.3) is 0 Å². The minimum absolute atomic E-state index is 0. The predicted molar refractivity (Wildman–Crippen MR) is 176 cm³/mol. The summed E-state index contributed by atoms with van der Waals surface area (Å²) in [6.45, 7) is 14.4. The Morgan fingerprint density at radius 1 is 0.488 bits per heavy atom. The van der Waals surface area contributed by atoms with Gasteiger partial charge in [0, 0.05) is 76.2 Å². The molecule has 0 fully saturated rings. The van der Waals surface area contributed by atoms with Crippen molar-refractivity contribution in [3.05, 3.63) is 84.5 Å². The summed E-state index contributed by atoms with van der Waals surface area (Å²) in [5, 5.41) is 28.2. The first kappa shape index (κ1) is 39.9. The summed E-state index contributed by atoms with van der Waals surface area (Å²) in [4.78, 5) is 33.2. The molecule has 0 aromatic carbocycles. The Morgan fingerprint density at radius 3 is 0.930 bits per heavy atom.